The molecule has 0 aromatic heterocycles. The van der Waals surface area contributed by atoms with Gasteiger partial charge in [-0.1, -0.05) is 0 Å². The zero-order valence-corrected chi connectivity index (χ0v) is 15.8. The van der Waals surface area contributed by atoms with Crippen molar-refractivity contribution in [2.75, 3.05) is 0 Å². The van der Waals surface area contributed by atoms with Crippen LogP contribution in [0, 0.1) is 0 Å². The number of hydrogen-bond donors (Lipinski definition) is 0. The number of carboxylic acids is 2. The number of carbonyl (C=O) groups is 2. The average Bonchev–Trinajstić information content (AvgIpc) is 2.55. The van der Waals surface area contributed by atoms with Crippen LogP contribution in [0.5, 0.6) is 0 Å². The van der Waals surface area contributed by atoms with Crippen LogP contribution in [0.4, 0.5) is 0 Å². The third kappa shape index (κ3) is 7.14. The second kappa shape index (κ2) is 9.84. The van der Waals surface area contributed by atoms with E-state index in [0.29, 0.717) is 0 Å². The summed E-state index contributed by atoms with van der Waals surface area (Å²) in [6, 6.07) is 21.6. The number of benzene rings is 2. The van der Waals surface area contributed by atoms with Crippen LogP contribution in [-0.4, -0.2) is 33.1 Å². The monoisotopic (exact) mass is 416 g/mol. The molecule has 0 atom stereocenters. The zero-order valence-electron chi connectivity index (χ0n) is 12.9. The molecule has 0 radical (unpaired) electrons. The minimum atomic E-state index is -1.48. The Labute approximate surface area is 145 Å². The van der Waals surface area contributed by atoms with E-state index in [2.05, 4.69) is 60.7 Å². The second-order valence-corrected chi connectivity index (χ2v) is 8.69. The van der Waals surface area contributed by atoms with Crippen molar-refractivity contribution in [1.29, 1.82) is 0 Å². The van der Waals surface area contributed by atoms with E-state index < -0.39 is 33.1 Å². The first-order chi connectivity index (χ1) is 10.9. The molecular formula is C18H16O4Sn. The summed E-state index contributed by atoms with van der Waals surface area (Å²) >= 11 is -0.517. The van der Waals surface area contributed by atoms with E-state index in [1.165, 1.54) is 7.16 Å². The van der Waals surface area contributed by atoms with E-state index >= 15 is 0 Å². The Morgan fingerprint density at radius 3 is 1.26 bits per heavy atom. The van der Waals surface area contributed by atoms with Crippen LogP contribution in [0.2, 0.25) is 0 Å². The maximum atomic E-state index is 9.99. The summed E-state index contributed by atoms with van der Waals surface area (Å²) in [7, 11) is 0. The molecule has 116 valence electrons. The van der Waals surface area contributed by atoms with Crippen molar-refractivity contribution in [3.63, 3.8) is 0 Å². The van der Waals surface area contributed by atoms with Gasteiger partial charge in [-0.05, 0) is 25.0 Å². The summed E-state index contributed by atoms with van der Waals surface area (Å²) in [6.07, 6.45) is 0. The summed E-state index contributed by atoms with van der Waals surface area (Å²) < 4.78 is 3.08. The van der Waals surface area contributed by atoms with Gasteiger partial charge in [0, 0.05) is 0 Å². The minimum absolute atomic E-state index is 0.306. The summed E-state index contributed by atoms with van der Waals surface area (Å²) in [5.74, 6) is -2.97. The summed E-state index contributed by atoms with van der Waals surface area (Å²) in [5, 5.41) is 20.0. The third-order valence-electron chi connectivity index (χ3n) is 3.01. The molecule has 0 spiro atoms. The van der Waals surface area contributed by atoms with Crippen LogP contribution in [0.25, 0.3) is 0 Å². The number of hydrogen-bond acceptors (Lipinski definition) is 4. The Hall–Kier alpha value is -2.08. The maximum absolute atomic E-state index is 9.99. The Balaban J connectivity index is 0.000000241. The molecular weight excluding hydrogens is 399 g/mol. The van der Waals surface area contributed by atoms with E-state index in [4.69, 9.17) is 0 Å². The van der Waals surface area contributed by atoms with Crippen molar-refractivity contribution in [2.24, 2.45) is 0 Å². The third-order valence-corrected chi connectivity index (χ3v) is 6.56. The van der Waals surface area contributed by atoms with Crippen LogP contribution in [-0.2, 0) is 9.59 Å². The Bertz CT molecular complexity index is 619. The Kier molecular flexibility index (Phi) is 8.11. The number of carboxylic acid groups (broad SMARTS) is 2. The molecule has 2 aromatic carbocycles. The SMILES string of the molecule is C/C(C(=O)[O-])=C(\C)C(=O)[O-].c1cc[c]([Sn+2][c]2ccccc2)cc1. The van der Waals surface area contributed by atoms with E-state index in [1.54, 1.807) is 0 Å². The normalized spacial score (nSPS) is 10.5. The molecule has 23 heavy (non-hydrogen) atoms. The van der Waals surface area contributed by atoms with E-state index in [-0.39, 0.29) is 11.1 Å². The predicted molar refractivity (Wildman–Crippen MR) is 86.3 cm³/mol. The van der Waals surface area contributed by atoms with Crippen LogP contribution < -0.4 is 17.4 Å². The van der Waals surface area contributed by atoms with Crippen molar-refractivity contribution in [2.45, 2.75) is 13.8 Å². The van der Waals surface area contributed by atoms with Crippen molar-refractivity contribution in [3.05, 3.63) is 71.8 Å². The molecule has 0 amide bonds. The summed E-state index contributed by atoms with van der Waals surface area (Å²) in [4.78, 5) is 20.0. The van der Waals surface area contributed by atoms with E-state index in [0.717, 1.165) is 13.8 Å². The summed E-state index contributed by atoms with van der Waals surface area (Å²) in [5.41, 5.74) is -0.611. The molecule has 0 bridgehead atoms. The van der Waals surface area contributed by atoms with E-state index in [9.17, 15) is 19.8 Å². The molecule has 4 nitrogen and oxygen atoms in total. The van der Waals surface area contributed by atoms with Gasteiger partial charge in [0.05, 0.1) is 11.9 Å². The number of aliphatic carboxylic acids is 2. The van der Waals surface area contributed by atoms with Crippen LogP contribution >= 0.6 is 0 Å². The molecule has 0 heterocycles. The topological polar surface area (TPSA) is 80.3 Å². The van der Waals surface area contributed by atoms with E-state index in [1.807, 2.05) is 0 Å². The standard InChI is InChI=1S/C6H8O4.2C6H5.Sn/c1-3(5(7)8)4(2)6(9)10;2*1-2-4-6-5-3-1;/h1-2H3,(H,7,8)(H,9,10);2*1-5H;/q;;;+2/p-2/b4-3-;;;. The molecule has 2 aromatic rings. The van der Waals surface area contributed by atoms with Crippen molar-refractivity contribution < 1.29 is 19.8 Å². The molecule has 0 N–H and O–H groups in total. The van der Waals surface area contributed by atoms with Gasteiger partial charge in [-0.15, -0.1) is 0 Å². The molecule has 0 saturated carbocycles. The van der Waals surface area contributed by atoms with Crippen molar-refractivity contribution in [1.82, 2.24) is 0 Å². The van der Waals surface area contributed by atoms with Gasteiger partial charge in [-0.25, -0.2) is 0 Å². The zero-order chi connectivity index (χ0) is 17.2. The molecule has 0 unspecified atom stereocenters. The van der Waals surface area contributed by atoms with Gasteiger partial charge >= 0.3 is 89.0 Å². The average molecular weight is 415 g/mol. The number of carbonyl (C=O) groups excluding carboxylic acids is 2. The number of rotatable bonds is 4. The molecule has 0 fully saturated rings. The Morgan fingerprint density at radius 1 is 0.696 bits per heavy atom. The fourth-order valence-corrected chi connectivity index (χ4v) is 4.52. The molecule has 5 heteroatoms. The van der Waals surface area contributed by atoms with Crippen molar-refractivity contribution >= 4 is 40.2 Å². The van der Waals surface area contributed by atoms with Gasteiger partial charge in [0.1, 0.15) is 0 Å². The quantitative estimate of drug-likeness (QED) is 0.483. The molecule has 0 aliphatic rings. The fourth-order valence-electron chi connectivity index (χ4n) is 1.52. The van der Waals surface area contributed by atoms with Gasteiger partial charge in [-0.2, -0.15) is 0 Å². The summed E-state index contributed by atoms with van der Waals surface area (Å²) in [6.45, 7) is 2.31. The molecule has 0 aliphatic heterocycles. The van der Waals surface area contributed by atoms with Crippen LogP contribution in [0.1, 0.15) is 13.8 Å². The van der Waals surface area contributed by atoms with Gasteiger partial charge in [-0.3, -0.25) is 0 Å². The second-order valence-electron chi connectivity index (χ2n) is 4.68. The van der Waals surface area contributed by atoms with Gasteiger partial charge in [0.2, 0.25) is 0 Å². The predicted octanol–water partition coefficient (Wildman–Crippen LogP) is -0.836. The first kappa shape index (κ1) is 19.0. The first-order valence-electron chi connectivity index (χ1n) is 6.89. The van der Waals surface area contributed by atoms with Gasteiger partial charge in [0.25, 0.3) is 0 Å². The Morgan fingerprint density at radius 2 is 1.00 bits per heavy atom. The first-order valence-corrected chi connectivity index (χ1v) is 9.74. The fraction of sp³-hybridized carbons (Fsp3) is 0.111. The van der Waals surface area contributed by atoms with Crippen molar-refractivity contribution in [3.8, 4) is 0 Å². The van der Waals surface area contributed by atoms with Crippen LogP contribution in [0.3, 0.4) is 0 Å². The van der Waals surface area contributed by atoms with Crippen LogP contribution in [0.15, 0.2) is 71.8 Å². The van der Waals surface area contributed by atoms with Gasteiger partial charge in [0.15, 0.2) is 0 Å². The molecule has 0 aliphatic carbocycles. The molecule has 0 saturated heterocycles. The van der Waals surface area contributed by atoms with Gasteiger partial charge < -0.3 is 19.8 Å². The molecule has 2 rings (SSSR count).